The molecule has 0 radical (unpaired) electrons. The number of carbonyl (C=O) groups is 1. The van der Waals surface area contributed by atoms with E-state index in [1.807, 2.05) is 66.5 Å². The molecule has 1 amide bonds. The molecule has 0 saturated carbocycles. The molecule has 1 saturated heterocycles. The predicted molar refractivity (Wildman–Crippen MR) is 101 cm³/mol. The van der Waals surface area contributed by atoms with Gasteiger partial charge in [-0.15, -0.1) is 5.53 Å². The number of hydrogen-bond acceptors (Lipinski definition) is 5. The fourth-order valence-corrected chi connectivity index (χ4v) is 3.29. The van der Waals surface area contributed by atoms with Gasteiger partial charge in [0.05, 0.1) is 28.8 Å². The van der Waals surface area contributed by atoms with E-state index in [0.29, 0.717) is 11.4 Å². The average Bonchev–Trinajstić information content (AvgIpc) is 3.00. The summed E-state index contributed by atoms with van der Waals surface area (Å²) in [6.45, 7) is 1.90. The average molecular weight is 347 g/mol. The second-order valence-corrected chi connectivity index (χ2v) is 6.08. The van der Waals surface area contributed by atoms with E-state index in [-0.39, 0.29) is 11.4 Å². The molecule has 4 N–H and O–H groups in total. The van der Waals surface area contributed by atoms with E-state index < -0.39 is 0 Å². The number of rotatable bonds is 1. The van der Waals surface area contributed by atoms with E-state index in [0.717, 1.165) is 28.0 Å². The monoisotopic (exact) mass is 347 g/mol. The maximum absolute atomic E-state index is 13.0. The number of allylic oxidation sites excluding steroid dienone is 1. The molecular weight excluding hydrogens is 330 g/mol. The fraction of sp³-hybridized carbons (Fsp3) is 0.0526. The summed E-state index contributed by atoms with van der Waals surface area (Å²) < 4.78 is 0. The summed E-state index contributed by atoms with van der Waals surface area (Å²) in [5.74, 6) is -0.114. The molecule has 26 heavy (non-hydrogen) atoms. The van der Waals surface area contributed by atoms with E-state index >= 15 is 0 Å². The molecular formula is C19H17N5O2. The number of fused-ring (bicyclic) bond motifs is 4. The molecule has 2 aromatic carbocycles. The highest BCUT2D eigenvalue weighted by atomic mass is 16.2. The lowest BCUT2D eigenvalue weighted by atomic mass is 10.1. The highest BCUT2D eigenvalue weighted by Gasteiger charge is 2.39. The van der Waals surface area contributed by atoms with E-state index in [1.54, 1.807) is 6.20 Å². The van der Waals surface area contributed by atoms with Crippen LogP contribution in [0.5, 0.6) is 0 Å². The molecule has 7 heteroatoms. The standard InChI is InChI=1S/C19H15N5O.H2O/c1-12-18-19(25)23(14-10-13-6-2-3-7-15(13)20-11-14)22-24(18)17-9-5-4-8-16(17)21-12;/h2-11,21-22H,1H3;1H2. The van der Waals surface area contributed by atoms with Crippen LogP contribution in [0.3, 0.4) is 0 Å². The number of hydrogen-bond donors (Lipinski definition) is 2. The summed E-state index contributed by atoms with van der Waals surface area (Å²) in [4.78, 5) is 17.4. The molecule has 0 unspecified atom stereocenters. The molecule has 1 fully saturated rings. The first-order valence-corrected chi connectivity index (χ1v) is 8.05. The summed E-state index contributed by atoms with van der Waals surface area (Å²) in [5.41, 5.74) is 8.07. The van der Waals surface area contributed by atoms with Crippen molar-refractivity contribution in [1.82, 2.24) is 10.5 Å². The van der Waals surface area contributed by atoms with Crippen LogP contribution >= 0.6 is 0 Å². The zero-order valence-corrected chi connectivity index (χ0v) is 14.0. The van der Waals surface area contributed by atoms with Crippen molar-refractivity contribution >= 4 is 33.9 Å². The molecule has 2 aliphatic heterocycles. The molecule has 130 valence electrons. The van der Waals surface area contributed by atoms with Crippen molar-refractivity contribution < 1.29 is 10.3 Å². The maximum atomic E-state index is 13.0. The number of nitrogens with one attached hydrogen (secondary N) is 2. The summed E-state index contributed by atoms with van der Waals surface area (Å²) in [5, 5.41) is 7.64. The van der Waals surface area contributed by atoms with Gasteiger partial charge in [-0.2, -0.15) is 0 Å². The summed E-state index contributed by atoms with van der Waals surface area (Å²) in [7, 11) is 0. The Labute approximate surface area is 149 Å². The number of nitrogens with zero attached hydrogens (tertiary/aromatic N) is 3. The van der Waals surface area contributed by atoms with Crippen LogP contribution in [0.1, 0.15) is 6.92 Å². The number of carbonyl (C=O) groups excluding carboxylic acids is 1. The summed E-state index contributed by atoms with van der Waals surface area (Å²) >= 11 is 0. The number of anilines is 3. The Morgan fingerprint density at radius 1 is 1.00 bits per heavy atom. The molecule has 0 atom stereocenters. The number of aromatic nitrogens is 1. The molecule has 1 aromatic heterocycles. The molecule has 0 aliphatic carbocycles. The molecule has 5 rings (SSSR count). The molecule has 3 aromatic rings. The van der Waals surface area contributed by atoms with Crippen molar-refractivity contribution in [3.63, 3.8) is 0 Å². The van der Waals surface area contributed by atoms with Crippen LogP contribution in [0.25, 0.3) is 10.9 Å². The number of amides is 1. The topological polar surface area (TPSA) is 92.0 Å². The Morgan fingerprint density at radius 2 is 1.77 bits per heavy atom. The van der Waals surface area contributed by atoms with E-state index in [2.05, 4.69) is 15.8 Å². The van der Waals surface area contributed by atoms with Gasteiger partial charge in [0, 0.05) is 11.1 Å². The fourth-order valence-electron chi connectivity index (χ4n) is 3.29. The Bertz CT molecular complexity index is 1060. The Morgan fingerprint density at radius 3 is 2.65 bits per heavy atom. The Hall–Kier alpha value is -3.42. The zero-order valence-electron chi connectivity index (χ0n) is 14.0. The second kappa shape index (κ2) is 5.83. The lowest BCUT2D eigenvalue weighted by Crippen LogP contribution is -2.41. The number of para-hydroxylation sites is 3. The lowest BCUT2D eigenvalue weighted by molar-refractivity contribution is -0.114. The summed E-state index contributed by atoms with van der Waals surface area (Å²) in [6.07, 6.45) is 1.71. The van der Waals surface area contributed by atoms with Crippen molar-refractivity contribution in [1.29, 1.82) is 0 Å². The van der Waals surface area contributed by atoms with Crippen LogP contribution in [-0.4, -0.2) is 16.4 Å². The zero-order chi connectivity index (χ0) is 17.0. The van der Waals surface area contributed by atoms with Crippen molar-refractivity contribution in [2.24, 2.45) is 0 Å². The van der Waals surface area contributed by atoms with Gasteiger partial charge in [-0.05, 0) is 31.2 Å². The smallest absolute Gasteiger partial charge is 0.294 e. The van der Waals surface area contributed by atoms with Crippen LogP contribution < -0.4 is 20.9 Å². The van der Waals surface area contributed by atoms with Crippen LogP contribution in [0, 0.1) is 0 Å². The first kappa shape index (κ1) is 16.1. The van der Waals surface area contributed by atoms with Gasteiger partial charge in [-0.3, -0.25) is 9.78 Å². The van der Waals surface area contributed by atoms with Gasteiger partial charge >= 0.3 is 0 Å². The van der Waals surface area contributed by atoms with Crippen LogP contribution in [0.15, 0.2) is 72.2 Å². The SMILES string of the molecule is CC1=C2C(=O)N(c3cnc4ccccc4c3)NN2c2ccccc2N1.O. The highest BCUT2D eigenvalue weighted by Crippen LogP contribution is 2.37. The maximum Gasteiger partial charge on any atom is 0.294 e. The predicted octanol–water partition coefficient (Wildman–Crippen LogP) is 2.34. The summed E-state index contributed by atoms with van der Waals surface area (Å²) in [6, 6.07) is 17.7. The molecule has 0 spiro atoms. The number of benzene rings is 2. The second-order valence-electron chi connectivity index (χ2n) is 6.08. The van der Waals surface area contributed by atoms with Gasteiger partial charge in [-0.1, -0.05) is 30.3 Å². The van der Waals surface area contributed by atoms with Crippen molar-refractivity contribution in [3.8, 4) is 0 Å². The third-order valence-electron chi connectivity index (χ3n) is 4.49. The number of hydrazine groups is 2. The van der Waals surface area contributed by atoms with Crippen LogP contribution in [0.4, 0.5) is 17.1 Å². The van der Waals surface area contributed by atoms with Crippen LogP contribution in [-0.2, 0) is 4.79 Å². The van der Waals surface area contributed by atoms with Gasteiger partial charge in [0.25, 0.3) is 5.91 Å². The normalized spacial score (nSPS) is 15.5. The quantitative estimate of drug-likeness (QED) is 0.705. The van der Waals surface area contributed by atoms with Gasteiger partial charge in [0.15, 0.2) is 0 Å². The first-order valence-electron chi connectivity index (χ1n) is 8.05. The van der Waals surface area contributed by atoms with E-state index in [9.17, 15) is 4.79 Å². The molecule has 0 bridgehead atoms. The van der Waals surface area contributed by atoms with Crippen molar-refractivity contribution in [2.75, 3.05) is 15.3 Å². The highest BCUT2D eigenvalue weighted by molar-refractivity contribution is 6.12. The number of pyridine rings is 1. The van der Waals surface area contributed by atoms with Gasteiger partial charge < -0.3 is 10.8 Å². The minimum atomic E-state index is -0.114. The van der Waals surface area contributed by atoms with E-state index in [1.165, 1.54) is 5.01 Å². The third-order valence-corrected chi connectivity index (χ3v) is 4.49. The Balaban J connectivity index is 0.00000168. The Kier molecular flexibility index (Phi) is 3.61. The van der Waals surface area contributed by atoms with Gasteiger partial charge in [0.1, 0.15) is 5.70 Å². The van der Waals surface area contributed by atoms with Gasteiger partial charge in [-0.25, -0.2) is 10.0 Å². The first-order chi connectivity index (χ1) is 12.2. The minimum absolute atomic E-state index is 0. The lowest BCUT2D eigenvalue weighted by Gasteiger charge is -2.28. The van der Waals surface area contributed by atoms with Crippen molar-refractivity contribution in [2.45, 2.75) is 6.92 Å². The molecule has 3 heterocycles. The molecule has 7 nitrogen and oxygen atoms in total. The van der Waals surface area contributed by atoms with Crippen molar-refractivity contribution in [3.05, 3.63) is 72.2 Å². The molecule has 2 aliphatic rings. The van der Waals surface area contributed by atoms with Crippen LogP contribution in [0.2, 0.25) is 0 Å². The van der Waals surface area contributed by atoms with E-state index in [4.69, 9.17) is 0 Å². The largest absolute Gasteiger partial charge is 0.412 e. The third kappa shape index (κ3) is 2.22. The van der Waals surface area contributed by atoms with Gasteiger partial charge in [0.2, 0.25) is 0 Å². The minimum Gasteiger partial charge on any atom is -0.412 e.